The van der Waals surface area contributed by atoms with Crippen molar-refractivity contribution in [2.24, 2.45) is 5.73 Å². The molecule has 0 amide bonds. The molecule has 92 valence electrons. The van der Waals surface area contributed by atoms with E-state index < -0.39 is 0 Å². The lowest BCUT2D eigenvalue weighted by atomic mass is 10.4. The number of hydrogen-bond donors (Lipinski definition) is 4. The van der Waals surface area contributed by atoms with E-state index in [9.17, 15) is 0 Å². The van der Waals surface area contributed by atoms with Crippen LogP contribution in [0.15, 0.2) is 0 Å². The minimum atomic E-state index is 0. The Labute approximate surface area is 112 Å². The number of thiocarbonyl (C=S) groups is 2. The Morgan fingerprint density at radius 3 is 1.73 bits per heavy atom. The van der Waals surface area contributed by atoms with Crippen molar-refractivity contribution < 1.29 is 0 Å². The van der Waals surface area contributed by atoms with Crippen LogP contribution < -0.4 is 23.5 Å². The molecule has 0 aromatic carbocycles. The van der Waals surface area contributed by atoms with Gasteiger partial charge in [0, 0.05) is 13.1 Å². The summed E-state index contributed by atoms with van der Waals surface area (Å²) in [5.74, 6) is 0. The molecule has 1 rings (SSSR count). The maximum atomic E-state index is 4.69. The van der Waals surface area contributed by atoms with E-state index in [0.717, 1.165) is 13.1 Å². The molecule has 0 atom stereocenters. The third-order valence-electron chi connectivity index (χ3n) is 1.36. The highest BCUT2D eigenvalue weighted by molar-refractivity contribution is 8.00. The highest BCUT2D eigenvalue weighted by Gasteiger charge is 2.08. The van der Waals surface area contributed by atoms with E-state index >= 15 is 0 Å². The van der Waals surface area contributed by atoms with Gasteiger partial charge in [0.25, 0.3) is 0 Å². The number of nitrogens with one attached hydrogen (secondary N) is 1. The summed E-state index contributed by atoms with van der Waals surface area (Å²) in [6.45, 7) is 2.16. The summed E-state index contributed by atoms with van der Waals surface area (Å²) in [5, 5.41) is 2.06. The summed E-state index contributed by atoms with van der Waals surface area (Å²) < 4.78 is 0.539. The molecule has 5 nitrogen and oxygen atoms in total. The van der Waals surface area contributed by atoms with Crippen LogP contribution in [0.4, 0.5) is 0 Å². The molecule has 0 aromatic heterocycles. The second kappa shape index (κ2) is 12.2. The Kier molecular flexibility index (Phi) is 16.6. The number of nitrogens with zero attached hydrogens (tertiary/aromatic N) is 1. The van der Waals surface area contributed by atoms with E-state index in [1.807, 2.05) is 0 Å². The van der Waals surface area contributed by atoms with Crippen LogP contribution in [0, 0.1) is 0 Å². The molecule has 0 spiro atoms. The van der Waals surface area contributed by atoms with E-state index in [2.05, 4.69) is 41.0 Å². The molecule has 1 heterocycles. The first-order valence-corrected chi connectivity index (χ1v) is 5.34. The smallest absolute Gasteiger partial charge is 0.0178 e. The van der Waals surface area contributed by atoms with Crippen LogP contribution in [0.2, 0.25) is 0 Å². The van der Waals surface area contributed by atoms with Gasteiger partial charge in [-0.15, -0.1) is 0 Å². The predicted molar refractivity (Wildman–Crippen MR) is 80.0 cm³/mol. The van der Waals surface area contributed by atoms with Gasteiger partial charge in [0.05, 0.1) is 0 Å². The van der Waals surface area contributed by atoms with Crippen molar-refractivity contribution in [1.29, 1.82) is 0 Å². The number of hydrogen-bond acceptors (Lipinski definition) is 5. The summed E-state index contributed by atoms with van der Waals surface area (Å²) in [6.07, 6.45) is 2.51. The number of nitrogens with two attached hydrogens (primary N) is 1. The quantitative estimate of drug-likeness (QED) is 0.419. The van der Waals surface area contributed by atoms with Gasteiger partial charge >= 0.3 is 0 Å². The molecule has 0 aromatic rings. The zero-order valence-corrected chi connectivity index (χ0v) is 12.3. The van der Waals surface area contributed by atoms with Crippen molar-refractivity contribution in [3.8, 4) is 0 Å². The van der Waals surface area contributed by atoms with Crippen molar-refractivity contribution in [2.75, 3.05) is 13.1 Å². The van der Waals surface area contributed by atoms with Crippen molar-refractivity contribution in [3.05, 3.63) is 0 Å². The fourth-order valence-corrected chi connectivity index (χ4v) is 1.22. The molecule has 9 heteroatoms. The van der Waals surface area contributed by atoms with E-state index in [1.165, 1.54) is 12.8 Å². The molecule has 0 radical (unpaired) electrons. The molecule has 15 heavy (non-hydrogen) atoms. The standard InChI is InChI=1S/C5H10N2S2.CH3NS2.2H3N/c8-5(9)6-7-3-1-2-4-7;2-1(3)4;;/h1-4H2,(H2,6,8,9);(H3,2,3,4);2*1H3. The SMILES string of the molecule is NC(=S)[S-].S=C([S-])NN1CCCC1.[NH4+].[NH4+]. The van der Waals surface area contributed by atoms with Crippen molar-refractivity contribution in [1.82, 2.24) is 22.7 Å². The third-order valence-corrected chi connectivity index (χ3v) is 1.54. The topological polar surface area (TPSA) is 114 Å². The average molecular weight is 290 g/mol. The van der Waals surface area contributed by atoms with E-state index in [4.69, 9.17) is 24.8 Å². The molecular formula is C6H19N5S4. The van der Waals surface area contributed by atoms with Gasteiger partial charge in [-0.25, -0.2) is 5.01 Å². The molecule has 0 aliphatic carbocycles. The lowest BCUT2D eigenvalue weighted by Crippen LogP contribution is -2.37. The van der Waals surface area contributed by atoms with Crippen LogP contribution in [0.25, 0.3) is 0 Å². The minimum Gasteiger partial charge on any atom is -0.415 e. The lowest BCUT2D eigenvalue weighted by molar-refractivity contribution is 0.300. The molecule has 0 saturated carbocycles. The van der Waals surface area contributed by atoms with Gasteiger partial charge in [0.15, 0.2) is 0 Å². The molecule has 0 unspecified atom stereocenters. The van der Waals surface area contributed by atoms with E-state index in [-0.39, 0.29) is 16.6 Å². The van der Waals surface area contributed by atoms with Gasteiger partial charge in [-0.1, -0.05) is 4.32 Å². The molecule has 0 bridgehead atoms. The number of rotatable bonds is 1. The molecular weight excluding hydrogens is 270 g/mol. The van der Waals surface area contributed by atoms with Crippen LogP contribution in [0.5, 0.6) is 0 Å². The van der Waals surface area contributed by atoms with Crippen LogP contribution in [0.3, 0.4) is 0 Å². The Balaban J connectivity index is -0.000000213. The van der Waals surface area contributed by atoms with Crippen molar-refractivity contribution >= 4 is 58.3 Å². The van der Waals surface area contributed by atoms with Crippen LogP contribution in [-0.4, -0.2) is 26.7 Å². The van der Waals surface area contributed by atoms with Gasteiger partial charge < -0.3 is 73.2 Å². The summed E-state index contributed by atoms with van der Waals surface area (Å²) in [4.78, 5) is 0. The first kappa shape index (κ1) is 20.5. The van der Waals surface area contributed by atoms with Crippen molar-refractivity contribution in [3.63, 3.8) is 0 Å². The molecule has 1 fully saturated rings. The molecule has 1 saturated heterocycles. The molecule has 1 aliphatic heterocycles. The second-order valence-corrected chi connectivity index (χ2v) is 4.63. The zero-order chi connectivity index (χ0) is 10.3. The summed E-state index contributed by atoms with van der Waals surface area (Å²) in [5.41, 5.74) is 7.58. The average Bonchev–Trinajstić information content (AvgIpc) is 2.36. The Hall–Kier alpha value is 0.1000. The first-order chi connectivity index (χ1) is 6.02. The lowest BCUT2D eigenvalue weighted by Gasteiger charge is -2.19. The first-order valence-electron chi connectivity index (χ1n) is 3.71. The second-order valence-electron chi connectivity index (χ2n) is 2.41. The summed E-state index contributed by atoms with van der Waals surface area (Å²) in [7, 11) is 0. The van der Waals surface area contributed by atoms with Crippen LogP contribution in [-0.2, 0) is 25.3 Å². The van der Waals surface area contributed by atoms with Crippen LogP contribution >= 0.6 is 24.4 Å². The maximum Gasteiger partial charge on any atom is 0.0178 e. The normalized spacial score (nSPS) is 13.6. The van der Waals surface area contributed by atoms with Gasteiger partial charge in [-0.2, -0.15) is 0 Å². The Morgan fingerprint density at radius 2 is 1.47 bits per heavy atom. The number of hydrazine groups is 1. The van der Waals surface area contributed by atoms with E-state index in [1.54, 1.807) is 0 Å². The van der Waals surface area contributed by atoms with Gasteiger partial charge in [0.1, 0.15) is 0 Å². The maximum absolute atomic E-state index is 4.69. The van der Waals surface area contributed by atoms with Gasteiger partial charge in [-0.3, -0.25) is 0 Å². The van der Waals surface area contributed by atoms with Crippen molar-refractivity contribution in [2.45, 2.75) is 12.8 Å². The van der Waals surface area contributed by atoms with Gasteiger partial charge in [-0.05, 0) is 17.2 Å². The number of quaternary nitrogens is 2. The fraction of sp³-hybridized carbons (Fsp3) is 0.667. The Morgan fingerprint density at radius 1 is 1.13 bits per heavy atom. The molecule has 11 N–H and O–H groups in total. The highest BCUT2D eigenvalue weighted by Crippen LogP contribution is 2.02. The summed E-state index contributed by atoms with van der Waals surface area (Å²) in [6, 6.07) is 0. The van der Waals surface area contributed by atoms with Crippen LogP contribution in [0.1, 0.15) is 12.8 Å². The highest BCUT2D eigenvalue weighted by atomic mass is 32.1. The largest absolute Gasteiger partial charge is 0.415 e. The van der Waals surface area contributed by atoms with E-state index in [0.29, 0.717) is 4.32 Å². The Bertz CT molecular complexity index is 178. The molecule has 1 aliphatic rings. The van der Waals surface area contributed by atoms with Gasteiger partial charge in [0.2, 0.25) is 0 Å². The minimum absolute atomic E-state index is 0. The zero-order valence-electron chi connectivity index (χ0n) is 8.99. The monoisotopic (exact) mass is 289 g/mol. The fourth-order valence-electron chi connectivity index (χ4n) is 0.958. The summed E-state index contributed by atoms with van der Waals surface area (Å²) >= 11 is 17.6. The third kappa shape index (κ3) is 16.8. The predicted octanol–water partition coefficient (Wildman–Crippen LogP) is 0.948.